The second kappa shape index (κ2) is 8.28. The third-order valence-electron chi connectivity index (χ3n) is 4.92. The van der Waals surface area contributed by atoms with Crippen LogP contribution in [0.2, 0.25) is 5.02 Å². The molecule has 0 saturated carbocycles. The van der Waals surface area contributed by atoms with Crippen LogP contribution in [-0.4, -0.2) is 23.8 Å². The Morgan fingerprint density at radius 2 is 1.93 bits per heavy atom. The van der Waals surface area contributed by atoms with Crippen LogP contribution in [0.5, 0.6) is 0 Å². The van der Waals surface area contributed by atoms with E-state index in [4.69, 9.17) is 11.6 Å². The van der Waals surface area contributed by atoms with Gasteiger partial charge in [0, 0.05) is 24.0 Å². The van der Waals surface area contributed by atoms with Gasteiger partial charge in [0.1, 0.15) is 11.6 Å². The average molecular weight is 393 g/mol. The third-order valence-corrected chi connectivity index (χ3v) is 5.21. The molecule has 1 fully saturated rings. The fraction of sp³-hybridized carbons (Fsp3) is 0.333. The summed E-state index contributed by atoms with van der Waals surface area (Å²) in [6.07, 6.45) is 2.07. The number of aliphatic hydroxyl groups is 1. The van der Waals surface area contributed by atoms with Crippen molar-refractivity contribution in [2.75, 3.05) is 16.8 Å². The van der Waals surface area contributed by atoms with E-state index in [-0.39, 0.29) is 16.9 Å². The summed E-state index contributed by atoms with van der Waals surface area (Å²) >= 11 is 5.81. The molecular weight excluding hydrogens is 370 g/mol. The summed E-state index contributed by atoms with van der Waals surface area (Å²) in [6, 6.07) is 9.20. The SMILES string of the molecule is C=C(Nc1ccc(F)c(Cl)c1)c1ccc(F)c(N2CC(O)CCCC2C)c1. The van der Waals surface area contributed by atoms with E-state index in [2.05, 4.69) is 11.9 Å². The molecule has 27 heavy (non-hydrogen) atoms. The molecule has 2 aromatic carbocycles. The van der Waals surface area contributed by atoms with E-state index in [1.54, 1.807) is 18.2 Å². The van der Waals surface area contributed by atoms with Crippen LogP contribution in [0.15, 0.2) is 43.0 Å². The first-order valence-corrected chi connectivity index (χ1v) is 9.38. The van der Waals surface area contributed by atoms with Gasteiger partial charge < -0.3 is 15.3 Å². The Kier molecular flexibility index (Phi) is 6.02. The van der Waals surface area contributed by atoms with Gasteiger partial charge in [0.15, 0.2) is 0 Å². The monoisotopic (exact) mass is 392 g/mol. The van der Waals surface area contributed by atoms with Gasteiger partial charge in [-0.2, -0.15) is 0 Å². The van der Waals surface area contributed by atoms with Gasteiger partial charge in [-0.05, 0) is 68.1 Å². The van der Waals surface area contributed by atoms with Gasteiger partial charge in [-0.3, -0.25) is 0 Å². The Labute approximate surface area is 163 Å². The Morgan fingerprint density at radius 3 is 2.67 bits per heavy atom. The van der Waals surface area contributed by atoms with Crippen LogP contribution < -0.4 is 10.2 Å². The maximum Gasteiger partial charge on any atom is 0.146 e. The molecule has 144 valence electrons. The van der Waals surface area contributed by atoms with Crippen LogP contribution >= 0.6 is 11.6 Å². The molecular formula is C21H23ClF2N2O. The van der Waals surface area contributed by atoms with Gasteiger partial charge in [0.05, 0.1) is 16.8 Å². The largest absolute Gasteiger partial charge is 0.391 e. The van der Waals surface area contributed by atoms with E-state index in [1.165, 1.54) is 18.2 Å². The number of halogens is 3. The van der Waals surface area contributed by atoms with Crippen molar-refractivity contribution in [1.82, 2.24) is 0 Å². The van der Waals surface area contributed by atoms with Gasteiger partial charge in [-0.15, -0.1) is 0 Å². The number of anilines is 2. The third kappa shape index (κ3) is 4.60. The molecule has 2 atom stereocenters. The van der Waals surface area contributed by atoms with E-state index in [1.807, 2.05) is 11.8 Å². The van der Waals surface area contributed by atoms with Crippen molar-refractivity contribution >= 4 is 28.7 Å². The predicted molar refractivity (Wildman–Crippen MR) is 107 cm³/mol. The number of benzene rings is 2. The first-order valence-electron chi connectivity index (χ1n) is 9.00. The minimum absolute atomic E-state index is 0.0139. The Bertz CT molecular complexity index is 843. The van der Waals surface area contributed by atoms with Gasteiger partial charge in [-0.25, -0.2) is 8.78 Å². The Balaban J connectivity index is 1.85. The highest BCUT2D eigenvalue weighted by Crippen LogP contribution is 2.30. The number of nitrogens with one attached hydrogen (secondary N) is 1. The highest BCUT2D eigenvalue weighted by atomic mass is 35.5. The molecule has 0 radical (unpaired) electrons. The predicted octanol–water partition coefficient (Wildman–Crippen LogP) is 5.44. The van der Waals surface area contributed by atoms with Crippen LogP contribution in [0, 0.1) is 11.6 Å². The van der Waals surface area contributed by atoms with E-state index >= 15 is 0 Å². The second-order valence-corrected chi connectivity index (χ2v) is 7.39. The molecule has 0 spiro atoms. The summed E-state index contributed by atoms with van der Waals surface area (Å²) in [5, 5.41) is 13.2. The van der Waals surface area contributed by atoms with Crippen LogP contribution in [0.1, 0.15) is 31.7 Å². The summed E-state index contributed by atoms with van der Waals surface area (Å²) < 4.78 is 27.9. The number of β-amino-alcohol motifs (C(OH)–C–C–N with tert-alkyl or cyclic N) is 1. The van der Waals surface area contributed by atoms with Crippen molar-refractivity contribution in [3.63, 3.8) is 0 Å². The van der Waals surface area contributed by atoms with E-state index < -0.39 is 11.9 Å². The zero-order chi connectivity index (χ0) is 19.6. The fourth-order valence-corrected chi connectivity index (χ4v) is 3.56. The molecule has 2 aromatic rings. The van der Waals surface area contributed by atoms with Crippen molar-refractivity contribution in [2.45, 2.75) is 38.3 Å². The average Bonchev–Trinajstić information content (AvgIpc) is 2.79. The van der Waals surface area contributed by atoms with Gasteiger partial charge in [0.2, 0.25) is 0 Å². The van der Waals surface area contributed by atoms with Crippen molar-refractivity contribution in [1.29, 1.82) is 0 Å². The zero-order valence-electron chi connectivity index (χ0n) is 15.2. The molecule has 0 aromatic heterocycles. The van der Waals surface area contributed by atoms with Crippen molar-refractivity contribution in [2.24, 2.45) is 0 Å². The second-order valence-electron chi connectivity index (χ2n) is 6.98. The van der Waals surface area contributed by atoms with E-state index in [9.17, 15) is 13.9 Å². The molecule has 1 saturated heterocycles. The summed E-state index contributed by atoms with van der Waals surface area (Å²) in [5.74, 6) is -0.831. The van der Waals surface area contributed by atoms with E-state index in [0.717, 1.165) is 19.3 Å². The van der Waals surface area contributed by atoms with Gasteiger partial charge in [-0.1, -0.05) is 18.2 Å². The molecule has 0 bridgehead atoms. The Hall–Kier alpha value is -2.11. The highest BCUT2D eigenvalue weighted by molar-refractivity contribution is 6.31. The molecule has 6 heteroatoms. The minimum Gasteiger partial charge on any atom is -0.391 e. The van der Waals surface area contributed by atoms with Crippen LogP contribution in [0.3, 0.4) is 0 Å². The zero-order valence-corrected chi connectivity index (χ0v) is 15.9. The van der Waals surface area contributed by atoms with Crippen molar-refractivity contribution in [3.05, 3.63) is 65.2 Å². The minimum atomic E-state index is -0.495. The number of nitrogens with zero attached hydrogens (tertiary/aromatic N) is 1. The first kappa shape index (κ1) is 19.6. The van der Waals surface area contributed by atoms with Gasteiger partial charge in [0.25, 0.3) is 0 Å². The summed E-state index contributed by atoms with van der Waals surface area (Å²) in [4.78, 5) is 1.92. The Morgan fingerprint density at radius 1 is 1.19 bits per heavy atom. The molecule has 2 N–H and O–H groups in total. The maximum absolute atomic E-state index is 14.5. The fourth-order valence-electron chi connectivity index (χ4n) is 3.38. The topological polar surface area (TPSA) is 35.5 Å². The van der Waals surface area contributed by atoms with Crippen molar-refractivity contribution < 1.29 is 13.9 Å². The number of aliphatic hydroxyl groups excluding tert-OH is 1. The molecule has 3 nitrogen and oxygen atoms in total. The molecule has 2 unspecified atom stereocenters. The number of hydrogen-bond donors (Lipinski definition) is 2. The number of hydrogen-bond acceptors (Lipinski definition) is 3. The van der Waals surface area contributed by atoms with Crippen LogP contribution in [0.4, 0.5) is 20.2 Å². The molecule has 1 aliphatic rings. The van der Waals surface area contributed by atoms with E-state index in [0.29, 0.717) is 29.2 Å². The lowest BCUT2D eigenvalue weighted by molar-refractivity contribution is 0.173. The maximum atomic E-state index is 14.5. The van der Waals surface area contributed by atoms with Crippen LogP contribution in [-0.2, 0) is 0 Å². The smallest absolute Gasteiger partial charge is 0.146 e. The lowest BCUT2D eigenvalue weighted by Gasteiger charge is -2.31. The molecule has 1 aliphatic heterocycles. The van der Waals surface area contributed by atoms with Gasteiger partial charge >= 0.3 is 0 Å². The van der Waals surface area contributed by atoms with Crippen molar-refractivity contribution in [3.8, 4) is 0 Å². The molecule has 1 heterocycles. The molecule has 3 rings (SSSR count). The number of rotatable bonds is 4. The molecule has 0 amide bonds. The van der Waals surface area contributed by atoms with Crippen LogP contribution in [0.25, 0.3) is 5.70 Å². The molecule has 0 aliphatic carbocycles. The first-order chi connectivity index (χ1) is 12.8. The standard InChI is InChI=1S/C21H23ClF2N2O/c1-13-4-3-5-17(27)12-26(13)21-10-15(6-8-20(21)24)14(2)25-16-7-9-19(23)18(22)11-16/h6-11,13,17,25,27H,2-5,12H2,1H3. The lowest BCUT2D eigenvalue weighted by atomic mass is 10.1. The lowest BCUT2D eigenvalue weighted by Crippen LogP contribution is -2.37. The summed E-state index contributed by atoms with van der Waals surface area (Å²) in [6.45, 7) is 6.44. The highest BCUT2D eigenvalue weighted by Gasteiger charge is 2.24. The summed E-state index contributed by atoms with van der Waals surface area (Å²) in [7, 11) is 0. The quantitative estimate of drug-likeness (QED) is 0.727. The normalized spacial score (nSPS) is 20.3. The summed E-state index contributed by atoms with van der Waals surface area (Å²) in [5.41, 5.74) is 2.29.